The minimum absolute atomic E-state index is 0.126. The highest BCUT2D eigenvalue weighted by atomic mass is 15.6. The second kappa shape index (κ2) is 8.65. The number of tetrazole rings is 1. The molecule has 4 rings (SSSR count). The molecule has 1 aliphatic carbocycles. The third kappa shape index (κ3) is 3.99. The van der Waals surface area contributed by atoms with Crippen molar-refractivity contribution >= 4 is 0 Å². The molecule has 1 N–H and O–H groups in total. The SMILES string of the molecule is CC[NH+](Cc1ccccc1)[C@H](c1ccc(C)cc1)c1nnnn1C1CCCC1. The van der Waals surface area contributed by atoms with Gasteiger partial charge in [0.2, 0.25) is 5.82 Å². The van der Waals surface area contributed by atoms with Crippen LogP contribution in [0.3, 0.4) is 0 Å². The normalized spacial score (nSPS) is 16.9. The summed E-state index contributed by atoms with van der Waals surface area (Å²) in [7, 11) is 0. The van der Waals surface area contributed by atoms with Crippen molar-refractivity contribution < 1.29 is 4.90 Å². The molecule has 0 spiro atoms. The summed E-state index contributed by atoms with van der Waals surface area (Å²) in [4.78, 5) is 1.46. The molecular formula is C23H30N5+. The molecule has 28 heavy (non-hydrogen) atoms. The van der Waals surface area contributed by atoms with Gasteiger partial charge in [-0.05, 0) is 37.1 Å². The Bertz CT molecular complexity index is 866. The molecule has 146 valence electrons. The van der Waals surface area contributed by atoms with E-state index in [1.807, 2.05) is 0 Å². The quantitative estimate of drug-likeness (QED) is 0.688. The number of aryl methyl sites for hydroxylation is 1. The van der Waals surface area contributed by atoms with E-state index in [9.17, 15) is 0 Å². The predicted octanol–water partition coefficient (Wildman–Crippen LogP) is 3.29. The van der Waals surface area contributed by atoms with Crippen LogP contribution in [0.5, 0.6) is 0 Å². The first-order chi connectivity index (χ1) is 13.8. The number of benzene rings is 2. The Hall–Kier alpha value is -2.53. The number of hydrogen-bond donors (Lipinski definition) is 1. The molecule has 5 nitrogen and oxygen atoms in total. The molecule has 1 aromatic heterocycles. The van der Waals surface area contributed by atoms with Gasteiger partial charge in [0, 0.05) is 11.1 Å². The summed E-state index contributed by atoms with van der Waals surface area (Å²) < 4.78 is 2.12. The highest BCUT2D eigenvalue weighted by molar-refractivity contribution is 5.26. The molecule has 0 saturated heterocycles. The van der Waals surface area contributed by atoms with Crippen LogP contribution in [-0.2, 0) is 6.54 Å². The van der Waals surface area contributed by atoms with Gasteiger partial charge >= 0.3 is 0 Å². The molecule has 0 bridgehead atoms. The largest absolute Gasteiger partial charge is 0.319 e. The molecule has 2 aromatic carbocycles. The van der Waals surface area contributed by atoms with E-state index in [1.165, 1.54) is 47.3 Å². The molecule has 1 aliphatic rings. The molecule has 1 fully saturated rings. The smallest absolute Gasteiger partial charge is 0.214 e. The zero-order valence-corrected chi connectivity index (χ0v) is 16.9. The lowest BCUT2D eigenvalue weighted by Gasteiger charge is -2.28. The second-order valence-corrected chi connectivity index (χ2v) is 7.94. The summed E-state index contributed by atoms with van der Waals surface area (Å²) in [6.07, 6.45) is 4.90. The monoisotopic (exact) mass is 376 g/mol. The first-order valence-electron chi connectivity index (χ1n) is 10.5. The summed E-state index contributed by atoms with van der Waals surface area (Å²) in [5.74, 6) is 1.00. The van der Waals surface area contributed by atoms with Crippen molar-refractivity contribution in [3.8, 4) is 0 Å². The van der Waals surface area contributed by atoms with Crippen molar-refractivity contribution in [2.45, 2.75) is 58.2 Å². The Labute approximate surface area is 167 Å². The zero-order chi connectivity index (χ0) is 19.3. The Morgan fingerprint density at radius 1 is 1.04 bits per heavy atom. The number of quaternary nitrogens is 1. The van der Waals surface area contributed by atoms with Gasteiger partial charge in [0.05, 0.1) is 12.6 Å². The lowest BCUT2D eigenvalue weighted by atomic mass is 10.0. The van der Waals surface area contributed by atoms with Crippen LogP contribution in [0.1, 0.15) is 67.2 Å². The van der Waals surface area contributed by atoms with Crippen molar-refractivity contribution in [1.29, 1.82) is 0 Å². The number of aromatic nitrogens is 4. The van der Waals surface area contributed by atoms with Gasteiger partial charge in [0.15, 0.2) is 6.04 Å². The molecule has 1 heterocycles. The Morgan fingerprint density at radius 2 is 1.75 bits per heavy atom. The van der Waals surface area contributed by atoms with E-state index >= 15 is 0 Å². The topological polar surface area (TPSA) is 48.0 Å². The van der Waals surface area contributed by atoms with Crippen molar-refractivity contribution in [3.63, 3.8) is 0 Å². The van der Waals surface area contributed by atoms with Crippen molar-refractivity contribution in [2.75, 3.05) is 6.54 Å². The van der Waals surface area contributed by atoms with Crippen molar-refractivity contribution in [1.82, 2.24) is 20.2 Å². The Morgan fingerprint density at radius 3 is 2.43 bits per heavy atom. The first-order valence-corrected chi connectivity index (χ1v) is 10.5. The summed E-state index contributed by atoms with van der Waals surface area (Å²) in [5, 5.41) is 13.1. The van der Waals surface area contributed by atoms with Gasteiger partial charge in [0.25, 0.3) is 0 Å². The number of nitrogens with one attached hydrogen (secondary N) is 1. The van der Waals surface area contributed by atoms with Gasteiger partial charge in [0.1, 0.15) is 6.54 Å². The highest BCUT2D eigenvalue weighted by Gasteiger charge is 2.33. The van der Waals surface area contributed by atoms with E-state index in [-0.39, 0.29) is 6.04 Å². The van der Waals surface area contributed by atoms with E-state index in [0.717, 1.165) is 18.9 Å². The van der Waals surface area contributed by atoms with Crippen LogP contribution in [-0.4, -0.2) is 26.8 Å². The fourth-order valence-corrected chi connectivity index (χ4v) is 4.41. The minimum Gasteiger partial charge on any atom is -0.319 e. The summed E-state index contributed by atoms with van der Waals surface area (Å²) >= 11 is 0. The summed E-state index contributed by atoms with van der Waals surface area (Å²) in [6.45, 7) is 6.34. The second-order valence-electron chi connectivity index (χ2n) is 7.94. The van der Waals surface area contributed by atoms with Crippen LogP contribution in [0.15, 0.2) is 54.6 Å². The maximum absolute atomic E-state index is 4.55. The molecule has 1 unspecified atom stereocenters. The first kappa shape index (κ1) is 18.8. The van der Waals surface area contributed by atoms with Crippen LogP contribution in [0, 0.1) is 6.92 Å². The van der Waals surface area contributed by atoms with Crippen LogP contribution in [0.4, 0.5) is 0 Å². The number of nitrogens with zero attached hydrogens (tertiary/aromatic N) is 4. The molecule has 2 atom stereocenters. The van der Waals surface area contributed by atoms with Crippen LogP contribution < -0.4 is 4.90 Å². The fraction of sp³-hybridized carbons (Fsp3) is 0.435. The average Bonchev–Trinajstić information content (AvgIpc) is 3.41. The Balaban J connectivity index is 1.73. The minimum atomic E-state index is 0.126. The van der Waals surface area contributed by atoms with Gasteiger partial charge in [-0.1, -0.05) is 73.0 Å². The summed E-state index contributed by atoms with van der Waals surface area (Å²) in [5.41, 5.74) is 3.91. The van der Waals surface area contributed by atoms with Crippen LogP contribution in [0.2, 0.25) is 0 Å². The van der Waals surface area contributed by atoms with Gasteiger partial charge in [-0.3, -0.25) is 0 Å². The molecular weight excluding hydrogens is 346 g/mol. The van der Waals surface area contributed by atoms with Crippen molar-refractivity contribution in [3.05, 3.63) is 77.1 Å². The van der Waals surface area contributed by atoms with Crippen molar-refractivity contribution in [2.24, 2.45) is 0 Å². The number of rotatable bonds is 7. The van der Waals surface area contributed by atoms with Crippen LogP contribution in [0.25, 0.3) is 0 Å². The highest BCUT2D eigenvalue weighted by Crippen LogP contribution is 2.31. The van der Waals surface area contributed by atoms with Gasteiger partial charge in [-0.15, -0.1) is 5.10 Å². The molecule has 5 heteroatoms. The van der Waals surface area contributed by atoms with E-state index in [4.69, 9.17) is 0 Å². The third-order valence-corrected chi connectivity index (χ3v) is 5.99. The third-order valence-electron chi connectivity index (χ3n) is 5.99. The predicted molar refractivity (Wildman–Crippen MR) is 110 cm³/mol. The summed E-state index contributed by atoms with van der Waals surface area (Å²) in [6, 6.07) is 20.2. The maximum Gasteiger partial charge on any atom is 0.214 e. The average molecular weight is 377 g/mol. The molecule has 1 saturated carbocycles. The molecule has 0 amide bonds. The van der Waals surface area contributed by atoms with E-state index < -0.39 is 0 Å². The maximum atomic E-state index is 4.55. The Kier molecular flexibility index (Phi) is 5.81. The lowest BCUT2D eigenvalue weighted by molar-refractivity contribution is -0.938. The molecule has 0 radical (unpaired) electrons. The van der Waals surface area contributed by atoms with E-state index in [2.05, 4.69) is 88.7 Å². The van der Waals surface area contributed by atoms with E-state index in [0.29, 0.717) is 6.04 Å². The fourth-order valence-electron chi connectivity index (χ4n) is 4.41. The van der Waals surface area contributed by atoms with Gasteiger partial charge in [-0.25, -0.2) is 4.68 Å². The van der Waals surface area contributed by atoms with Gasteiger partial charge < -0.3 is 4.90 Å². The zero-order valence-electron chi connectivity index (χ0n) is 16.9. The van der Waals surface area contributed by atoms with E-state index in [1.54, 1.807) is 0 Å². The number of hydrogen-bond acceptors (Lipinski definition) is 3. The van der Waals surface area contributed by atoms with Crippen LogP contribution >= 0.6 is 0 Å². The molecule has 3 aromatic rings. The van der Waals surface area contributed by atoms with Gasteiger partial charge in [-0.2, -0.15) is 0 Å². The molecule has 0 aliphatic heterocycles. The standard InChI is InChI=1S/C23H29N5/c1-3-27(17-19-9-5-4-6-10-19)22(20-15-13-18(2)14-16-20)23-24-25-26-28(23)21-11-7-8-12-21/h4-6,9-10,13-16,21-22H,3,7-8,11-12,17H2,1-2H3/p+1/t22-/m1/s1. The lowest BCUT2D eigenvalue weighted by Crippen LogP contribution is -3.11.